The zero-order chi connectivity index (χ0) is 8.85. The summed E-state index contributed by atoms with van der Waals surface area (Å²) in [4.78, 5) is 2.20. The molecule has 0 heterocycles. The van der Waals surface area contributed by atoms with Crippen molar-refractivity contribution in [2.24, 2.45) is 5.73 Å². The van der Waals surface area contributed by atoms with Crippen molar-refractivity contribution in [3.8, 4) is 0 Å². The van der Waals surface area contributed by atoms with Gasteiger partial charge in [0.15, 0.2) is 0 Å². The van der Waals surface area contributed by atoms with E-state index in [1.165, 1.54) is 0 Å². The summed E-state index contributed by atoms with van der Waals surface area (Å²) < 4.78 is 0. The predicted octanol–water partition coefficient (Wildman–Crippen LogP) is 1.04. The average molecular weight is 157 g/mol. The van der Waals surface area contributed by atoms with Gasteiger partial charge in [0.25, 0.3) is 0 Å². The molecule has 0 aliphatic carbocycles. The van der Waals surface area contributed by atoms with E-state index in [1.807, 2.05) is 6.92 Å². The van der Waals surface area contributed by atoms with Gasteiger partial charge in [0.2, 0.25) is 0 Å². The largest absolute Gasteiger partial charge is 0.386 e. The highest BCUT2D eigenvalue weighted by Crippen LogP contribution is 1.98. The third kappa shape index (κ3) is 3.37. The molecule has 0 amide bonds. The Labute approximate surface area is 69.1 Å². The summed E-state index contributed by atoms with van der Waals surface area (Å²) in [5, 5.41) is 7.25. The lowest BCUT2D eigenvalue weighted by molar-refractivity contribution is 0.265. The molecule has 0 bridgehead atoms. The highest BCUT2D eigenvalue weighted by molar-refractivity contribution is 5.82. The Bertz CT molecular complexity index is 123. The SMILES string of the molecule is CCCN(CC)C(C)C(=N)N. The summed E-state index contributed by atoms with van der Waals surface area (Å²) in [7, 11) is 0. The predicted molar refractivity (Wildman–Crippen MR) is 48.9 cm³/mol. The highest BCUT2D eigenvalue weighted by Gasteiger charge is 2.12. The topological polar surface area (TPSA) is 53.1 Å². The lowest BCUT2D eigenvalue weighted by Gasteiger charge is -2.25. The summed E-state index contributed by atoms with van der Waals surface area (Å²) in [5.41, 5.74) is 5.38. The molecule has 0 aromatic carbocycles. The van der Waals surface area contributed by atoms with Gasteiger partial charge < -0.3 is 5.73 Å². The fourth-order valence-electron chi connectivity index (χ4n) is 1.11. The van der Waals surface area contributed by atoms with E-state index >= 15 is 0 Å². The van der Waals surface area contributed by atoms with Crippen LogP contribution in [-0.2, 0) is 0 Å². The second-order valence-corrected chi connectivity index (χ2v) is 2.76. The molecule has 1 unspecified atom stereocenters. The first-order valence-electron chi connectivity index (χ1n) is 4.21. The number of likely N-dealkylation sites (N-methyl/N-ethyl adjacent to an activating group) is 1. The fourth-order valence-corrected chi connectivity index (χ4v) is 1.11. The minimum atomic E-state index is 0.0972. The van der Waals surface area contributed by atoms with Gasteiger partial charge in [-0.25, -0.2) is 0 Å². The summed E-state index contributed by atoms with van der Waals surface area (Å²) in [6.45, 7) is 8.19. The van der Waals surface area contributed by atoms with Gasteiger partial charge in [0.05, 0.1) is 6.04 Å². The van der Waals surface area contributed by atoms with Crippen LogP contribution in [0.5, 0.6) is 0 Å². The summed E-state index contributed by atoms with van der Waals surface area (Å²) in [6, 6.07) is 0.0972. The number of nitrogens with one attached hydrogen (secondary N) is 1. The molecule has 1 atom stereocenters. The van der Waals surface area contributed by atoms with Crippen molar-refractivity contribution < 1.29 is 0 Å². The minimum absolute atomic E-state index is 0.0972. The maximum absolute atomic E-state index is 7.25. The number of rotatable bonds is 5. The molecule has 0 fully saturated rings. The highest BCUT2D eigenvalue weighted by atomic mass is 15.2. The fraction of sp³-hybridized carbons (Fsp3) is 0.875. The van der Waals surface area contributed by atoms with Crippen LogP contribution in [-0.4, -0.2) is 29.9 Å². The molecule has 0 saturated carbocycles. The van der Waals surface area contributed by atoms with Crippen LogP contribution in [0.25, 0.3) is 0 Å². The quantitative estimate of drug-likeness (QED) is 0.463. The zero-order valence-corrected chi connectivity index (χ0v) is 7.72. The summed E-state index contributed by atoms with van der Waals surface area (Å²) in [5.74, 6) is 0.264. The van der Waals surface area contributed by atoms with Crippen LogP contribution in [0.15, 0.2) is 0 Å². The van der Waals surface area contributed by atoms with Crippen LogP contribution < -0.4 is 5.73 Å². The Hall–Kier alpha value is -0.570. The Morgan fingerprint density at radius 3 is 2.36 bits per heavy atom. The van der Waals surface area contributed by atoms with E-state index in [9.17, 15) is 0 Å². The van der Waals surface area contributed by atoms with Crippen LogP contribution in [0, 0.1) is 5.41 Å². The van der Waals surface area contributed by atoms with Crippen molar-refractivity contribution in [2.75, 3.05) is 13.1 Å². The van der Waals surface area contributed by atoms with E-state index in [2.05, 4.69) is 18.7 Å². The molecule has 3 nitrogen and oxygen atoms in total. The third-order valence-corrected chi connectivity index (χ3v) is 1.91. The van der Waals surface area contributed by atoms with E-state index in [4.69, 9.17) is 11.1 Å². The Kier molecular flexibility index (Phi) is 4.86. The van der Waals surface area contributed by atoms with Crippen LogP contribution in [0.1, 0.15) is 27.2 Å². The van der Waals surface area contributed by atoms with E-state index < -0.39 is 0 Å². The van der Waals surface area contributed by atoms with Crippen molar-refractivity contribution in [3.63, 3.8) is 0 Å². The number of hydrogen-bond donors (Lipinski definition) is 2. The molecule has 0 aliphatic rings. The molecule has 0 spiro atoms. The lowest BCUT2D eigenvalue weighted by Crippen LogP contribution is -2.42. The van der Waals surface area contributed by atoms with Crippen molar-refractivity contribution >= 4 is 5.84 Å². The molecular formula is C8H19N3. The number of amidine groups is 1. The maximum atomic E-state index is 7.25. The van der Waals surface area contributed by atoms with Crippen LogP contribution in [0.4, 0.5) is 0 Å². The van der Waals surface area contributed by atoms with E-state index in [1.54, 1.807) is 0 Å². The van der Waals surface area contributed by atoms with Gasteiger partial charge >= 0.3 is 0 Å². The summed E-state index contributed by atoms with van der Waals surface area (Å²) >= 11 is 0. The second kappa shape index (κ2) is 5.13. The monoisotopic (exact) mass is 157 g/mol. The van der Waals surface area contributed by atoms with Gasteiger partial charge in [-0.3, -0.25) is 10.3 Å². The molecule has 0 aromatic heterocycles. The van der Waals surface area contributed by atoms with Gasteiger partial charge in [-0.05, 0) is 26.4 Å². The molecule has 3 N–H and O–H groups in total. The molecule has 66 valence electrons. The van der Waals surface area contributed by atoms with E-state index in [0.717, 1.165) is 19.5 Å². The number of nitrogens with zero attached hydrogens (tertiary/aromatic N) is 1. The van der Waals surface area contributed by atoms with Crippen molar-refractivity contribution in [1.29, 1.82) is 5.41 Å². The van der Waals surface area contributed by atoms with Gasteiger partial charge in [0.1, 0.15) is 5.84 Å². The molecule has 0 aliphatic heterocycles. The normalized spacial score (nSPS) is 13.5. The third-order valence-electron chi connectivity index (χ3n) is 1.91. The molecule has 0 radical (unpaired) electrons. The van der Waals surface area contributed by atoms with Crippen LogP contribution in [0.2, 0.25) is 0 Å². The number of nitrogens with two attached hydrogens (primary N) is 1. The summed E-state index contributed by atoms with van der Waals surface area (Å²) in [6.07, 6.45) is 1.12. The Morgan fingerprint density at radius 2 is 2.09 bits per heavy atom. The first kappa shape index (κ1) is 10.4. The van der Waals surface area contributed by atoms with Crippen LogP contribution >= 0.6 is 0 Å². The first-order valence-corrected chi connectivity index (χ1v) is 4.21. The Balaban J connectivity index is 3.91. The standard InChI is InChI=1S/C8H19N3/c1-4-6-11(5-2)7(3)8(9)10/h7H,4-6H2,1-3H3,(H3,9,10). The van der Waals surface area contributed by atoms with Gasteiger partial charge in [0, 0.05) is 0 Å². The molecule has 0 aromatic rings. The molecular weight excluding hydrogens is 138 g/mol. The van der Waals surface area contributed by atoms with Gasteiger partial charge in [-0.15, -0.1) is 0 Å². The van der Waals surface area contributed by atoms with Crippen LogP contribution in [0.3, 0.4) is 0 Å². The van der Waals surface area contributed by atoms with Gasteiger partial charge in [-0.2, -0.15) is 0 Å². The van der Waals surface area contributed by atoms with Crippen molar-refractivity contribution in [1.82, 2.24) is 4.90 Å². The molecule has 3 heteroatoms. The first-order chi connectivity index (χ1) is 5.13. The molecule has 11 heavy (non-hydrogen) atoms. The minimum Gasteiger partial charge on any atom is -0.386 e. The maximum Gasteiger partial charge on any atom is 0.108 e. The smallest absolute Gasteiger partial charge is 0.108 e. The molecule has 0 rings (SSSR count). The van der Waals surface area contributed by atoms with Gasteiger partial charge in [-0.1, -0.05) is 13.8 Å². The Morgan fingerprint density at radius 1 is 1.55 bits per heavy atom. The zero-order valence-electron chi connectivity index (χ0n) is 7.72. The van der Waals surface area contributed by atoms with E-state index in [0.29, 0.717) is 0 Å². The van der Waals surface area contributed by atoms with E-state index in [-0.39, 0.29) is 11.9 Å². The molecule has 0 saturated heterocycles. The average Bonchev–Trinajstić information content (AvgIpc) is 1.98. The van der Waals surface area contributed by atoms with Crippen molar-refractivity contribution in [3.05, 3.63) is 0 Å². The number of hydrogen-bond acceptors (Lipinski definition) is 2. The second-order valence-electron chi connectivity index (χ2n) is 2.76. The van der Waals surface area contributed by atoms with Crippen molar-refractivity contribution in [2.45, 2.75) is 33.2 Å². The lowest BCUT2D eigenvalue weighted by atomic mass is 10.2.